The van der Waals surface area contributed by atoms with Gasteiger partial charge in [0.05, 0.1) is 11.3 Å². The molecule has 1 heterocycles. The summed E-state index contributed by atoms with van der Waals surface area (Å²) in [7, 11) is 0. The number of fused-ring (bicyclic) bond motifs is 1. The summed E-state index contributed by atoms with van der Waals surface area (Å²) in [6, 6.07) is 16.5. The first-order valence-electron chi connectivity index (χ1n) is 9.20. The lowest BCUT2D eigenvalue weighted by Crippen LogP contribution is -2.31. The fraction of sp³-hybridized carbons (Fsp3) is 0.261. The van der Waals surface area contributed by atoms with Crippen molar-refractivity contribution < 1.29 is 4.79 Å². The smallest absolute Gasteiger partial charge is 0.255 e. The van der Waals surface area contributed by atoms with Crippen LogP contribution in [0.3, 0.4) is 0 Å². The lowest BCUT2D eigenvalue weighted by molar-refractivity contribution is -0.124. The van der Waals surface area contributed by atoms with Gasteiger partial charge in [-0.3, -0.25) is 4.79 Å². The molecular weight excluding hydrogens is 320 g/mol. The summed E-state index contributed by atoms with van der Waals surface area (Å²) >= 11 is 0. The molecule has 1 aromatic heterocycles. The van der Waals surface area contributed by atoms with Gasteiger partial charge in [0.1, 0.15) is 0 Å². The maximum atomic E-state index is 13.2. The highest BCUT2D eigenvalue weighted by atomic mass is 16.2. The Bertz CT molecular complexity index is 944. The summed E-state index contributed by atoms with van der Waals surface area (Å²) in [4.78, 5) is 18.6. The van der Waals surface area contributed by atoms with Crippen molar-refractivity contribution in [3.63, 3.8) is 0 Å². The Balaban J connectivity index is 2.17. The second kappa shape index (κ2) is 7.61. The molecule has 3 aromatic rings. The summed E-state index contributed by atoms with van der Waals surface area (Å²) < 4.78 is 0. The molecule has 0 aliphatic heterocycles. The van der Waals surface area contributed by atoms with Crippen molar-refractivity contribution in [2.75, 3.05) is 13.1 Å². The van der Waals surface area contributed by atoms with Crippen LogP contribution in [0.5, 0.6) is 0 Å². The van der Waals surface area contributed by atoms with E-state index in [-0.39, 0.29) is 5.91 Å². The Morgan fingerprint density at radius 3 is 2.27 bits per heavy atom. The number of hydrogen-bond acceptors (Lipinski definition) is 1. The minimum Gasteiger partial charge on any atom is -0.354 e. The molecule has 3 rings (SSSR count). The fourth-order valence-electron chi connectivity index (χ4n) is 3.30. The van der Waals surface area contributed by atoms with E-state index >= 15 is 0 Å². The van der Waals surface area contributed by atoms with Gasteiger partial charge in [0.2, 0.25) is 0 Å². The van der Waals surface area contributed by atoms with Crippen LogP contribution in [-0.2, 0) is 4.79 Å². The zero-order chi connectivity index (χ0) is 18.7. The second-order valence-electron chi connectivity index (χ2n) is 6.62. The van der Waals surface area contributed by atoms with Gasteiger partial charge < -0.3 is 9.88 Å². The molecule has 0 atom stereocenters. The first-order valence-corrected chi connectivity index (χ1v) is 9.20. The zero-order valence-corrected chi connectivity index (χ0v) is 16.0. The number of nitrogens with one attached hydrogen (secondary N) is 1. The normalized spacial score (nSPS) is 11.8. The van der Waals surface area contributed by atoms with Gasteiger partial charge in [0, 0.05) is 24.0 Å². The number of aromatic amines is 1. The van der Waals surface area contributed by atoms with E-state index in [1.165, 1.54) is 5.56 Å². The molecule has 1 N–H and O–H groups in total. The van der Waals surface area contributed by atoms with Gasteiger partial charge in [-0.05, 0) is 51.0 Å². The van der Waals surface area contributed by atoms with E-state index in [9.17, 15) is 4.79 Å². The Morgan fingerprint density at radius 1 is 1.00 bits per heavy atom. The van der Waals surface area contributed by atoms with Crippen molar-refractivity contribution >= 4 is 28.5 Å². The van der Waals surface area contributed by atoms with Crippen LogP contribution >= 0.6 is 0 Å². The van der Waals surface area contributed by atoms with Crippen LogP contribution in [0.4, 0.5) is 0 Å². The van der Waals surface area contributed by atoms with Gasteiger partial charge in [-0.25, -0.2) is 0 Å². The maximum Gasteiger partial charge on any atom is 0.255 e. The summed E-state index contributed by atoms with van der Waals surface area (Å²) in [5.74, 6) is 0.0604. The molecule has 3 heteroatoms. The third-order valence-electron chi connectivity index (χ3n) is 4.90. The highest BCUT2D eigenvalue weighted by molar-refractivity contribution is 6.24. The topological polar surface area (TPSA) is 36.1 Å². The van der Waals surface area contributed by atoms with Crippen molar-refractivity contribution in [3.8, 4) is 0 Å². The predicted octanol–water partition coefficient (Wildman–Crippen LogP) is 5.19. The Labute approximate surface area is 155 Å². The van der Waals surface area contributed by atoms with Crippen molar-refractivity contribution in [2.45, 2.75) is 27.7 Å². The minimum atomic E-state index is 0.0604. The monoisotopic (exact) mass is 346 g/mol. The van der Waals surface area contributed by atoms with Crippen molar-refractivity contribution in [3.05, 3.63) is 70.9 Å². The molecule has 0 aliphatic rings. The maximum absolute atomic E-state index is 13.2. The first-order chi connectivity index (χ1) is 12.5. The van der Waals surface area contributed by atoms with Crippen molar-refractivity contribution in [1.82, 2.24) is 9.88 Å². The summed E-state index contributed by atoms with van der Waals surface area (Å²) in [6.45, 7) is 9.57. The molecule has 26 heavy (non-hydrogen) atoms. The standard InChI is InChI=1S/C23H26N2O/c1-5-25(6-2)23(26)20(15-18-13-11-16(3)12-14-18)22-17(4)19-9-7-8-10-21(19)24-22/h7-15,24H,5-6H2,1-4H3/b20-15-. The molecule has 0 unspecified atom stereocenters. The van der Waals surface area contributed by atoms with Gasteiger partial charge >= 0.3 is 0 Å². The van der Waals surface area contributed by atoms with Crippen LogP contribution in [-0.4, -0.2) is 28.9 Å². The second-order valence-corrected chi connectivity index (χ2v) is 6.62. The van der Waals surface area contributed by atoms with E-state index in [1.54, 1.807) is 0 Å². The van der Waals surface area contributed by atoms with E-state index in [2.05, 4.69) is 55.2 Å². The van der Waals surface area contributed by atoms with E-state index in [0.29, 0.717) is 18.7 Å². The highest BCUT2D eigenvalue weighted by Crippen LogP contribution is 2.29. The third-order valence-corrected chi connectivity index (χ3v) is 4.90. The number of nitrogens with zero attached hydrogens (tertiary/aromatic N) is 1. The number of aromatic nitrogens is 1. The van der Waals surface area contributed by atoms with Gasteiger partial charge in [-0.15, -0.1) is 0 Å². The minimum absolute atomic E-state index is 0.0604. The molecule has 0 fully saturated rings. The van der Waals surface area contributed by atoms with Gasteiger partial charge in [-0.2, -0.15) is 0 Å². The summed E-state index contributed by atoms with van der Waals surface area (Å²) in [5.41, 5.74) is 6.03. The Kier molecular flexibility index (Phi) is 5.27. The fourth-order valence-corrected chi connectivity index (χ4v) is 3.30. The molecular formula is C23H26N2O. The number of H-pyrrole nitrogens is 1. The van der Waals surface area contributed by atoms with Gasteiger partial charge in [0.15, 0.2) is 0 Å². The van der Waals surface area contributed by atoms with Crippen LogP contribution in [0.15, 0.2) is 48.5 Å². The van der Waals surface area contributed by atoms with Crippen LogP contribution in [0.1, 0.15) is 36.2 Å². The number of hydrogen-bond donors (Lipinski definition) is 1. The lowest BCUT2D eigenvalue weighted by atomic mass is 10.0. The number of carbonyl (C=O) groups is 1. The van der Waals surface area contributed by atoms with E-state index in [1.807, 2.05) is 37.0 Å². The van der Waals surface area contributed by atoms with Crippen LogP contribution < -0.4 is 0 Å². The molecule has 3 nitrogen and oxygen atoms in total. The number of benzene rings is 2. The van der Waals surface area contributed by atoms with Crippen LogP contribution in [0.25, 0.3) is 22.6 Å². The Morgan fingerprint density at radius 2 is 1.65 bits per heavy atom. The molecule has 134 valence electrons. The molecule has 2 aromatic carbocycles. The van der Waals surface area contributed by atoms with Crippen molar-refractivity contribution in [2.24, 2.45) is 0 Å². The van der Waals surface area contributed by atoms with Crippen LogP contribution in [0.2, 0.25) is 0 Å². The van der Waals surface area contributed by atoms with Gasteiger partial charge in [0.25, 0.3) is 5.91 Å². The number of amides is 1. The lowest BCUT2D eigenvalue weighted by Gasteiger charge is -2.20. The third kappa shape index (κ3) is 3.43. The number of carbonyl (C=O) groups excluding carboxylic acids is 1. The molecule has 0 radical (unpaired) electrons. The summed E-state index contributed by atoms with van der Waals surface area (Å²) in [6.07, 6.45) is 2.00. The van der Waals surface area contributed by atoms with Crippen LogP contribution in [0, 0.1) is 13.8 Å². The van der Waals surface area contributed by atoms with E-state index < -0.39 is 0 Å². The molecule has 0 saturated heterocycles. The van der Waals surface area contributed by atoms with E-state index in [4.69, 9.17) is 0 Å². The predicted molar refractivity (Wildman–Crippen MR) is 110 cm³/mol. The number of rotatable bonds is 5. The Hall–Kier alpha value is -2.81. The number of likely N-dealkylation sites (N-methyl/N-ethyl adjacent to an activating group) is 1. The highest BCUT2D eigenvalue weighted by Gasteiger charge is 2.21. The molecule has 1 amide bonds. The van der Waals surface area contributed by atoms with Crippen molar-refractivity contribution in [1.29, 1.82) is 0 Å². The molecule has 0 bridgehead atoms. The average molecular weight is 346 g/mol. The zero-order valence-electron chi connectivity index (χ0n) is 16.0. The molecule has 0 aliphatic carbocycles. The van der Waals surface area contributed by atoms with Gasteiger partial charge in [-0.1, -0.05) is 48.0 Å². The molecule has 0 spiro atoms. The summed E-state index contributed by atoms with van der Waals surface area (Å²) in [5, 5.41) is 1.16. The average Bonchev–Trinajstić information content (AvgIpc) is 2.99. The SMILES string of the molecule is CCN(CC)C(=O)/C(=C\c1ccc(C)cc1)c1[nH]c2ccccc2c1C. The quantitative estimate of drug-likeness (QED) is 0.634. The first kappa shape index (κ1) is 18.0. The number of para-hydroxylation sites is 1. The molecule has 0 saturated carbocycles. The largest absolute Gasteiger partial charge is 0.354 e. The number of aryl methyl sites for hydroxylation is 2. The van der Waals surface area contributed by atoms with E-state index in [0.717, 1.165) is 27.7 Å².